The second-order valence-corrected chi connectivity index (χ2v) is 3.33. The Hall–Kier alpha value is -0.990. The highest BCUT2D eigenvalue weighted by Gasteiger charge is 2.00. The van der Waals surface area contributed by atoms with E-state index in [0.717, 1.165) is 16.9 Å². The SMILES string of the molecule is [CH2]/C(=C\c1cc(Cl)ccc1OC)CN. The van der Waals surface area contributed by atoms with Gasteiger partial charge in [0.1, 0.15) is 5.75 Å². The molecule has 1 aromatic carbocycles. The summed E-state index contributed by atoms with van der Waals surface area (Å²) in [4.78, 5) is 0. The molecule has 0 amide bonds. The number of hydrogen-bond donors (Lipinski definition) is 1. The number of ether oxygens (including phenoxy) is 1. The third-order valence-electron chi connectivity index (χ3n) is 1.81. The van der Waals surface area contributed by atoms with Gasteiger partial charge in [0.15, 0.2) is 0 Å². The summed E-state index contributed by atoms with van der Waals surface area (Å²) < 4.78 is 5.17. The van der Waals surface area contributed by atoms with Gasteiger partial charge in [-0.25, -0.2) is 0 Å². The van der Waals surface area contributed by atoms with Gasteiger partial charge >= 0.3 is 0 Å². The summed E-state index contributed by atoms with van der Waals surface area (Å²) in [6.45, 7) is 4.22. The molecule has 0 bridgehead atoms. The van der Waals surface area contributed by atoms with E-state index in [4.69, 9.17) is 22.1 Å². The highest BCUT2D eigenvalue weighted by Crippen LogP contribution is 2.24. The predicted octanol–water partition coefficient (Wildman–Crippen LogP) is 2.52. The molecule has 0 fully saturated rings. The van der Waals surface area contributed by atoms with E-state index in [1.54, 1.807) is 13.2 Å². The largest absolute Gasteiger partial charge is 0.496 e. The van der Waals surface area contributed by atoms with Gasteiger partial charge in [0.2, 0.25) is 0 Å². The summed E-state index contributed by atoms with van der Waals surface area (Å²) in [5.41, 5.74) is 7.18. The molecule has 0 saturated carbocycles. The quantitative estimate of drug-likeness (QED) is 0.832. The van der Waals surface area contributed by atoms with Crippen LogP contribution in [0.3, 0.4) is 0 Å². The van der Waals surface area contributed by atoms with Crippen LogP contribution in [0, 0.1) is 6.92 Å². The third-order valence-corrected chi connectivity index (χ3v) is 2.05. The first-order valence-corrected chi connectivity index (χ1v) is 4.61. The number of rotatable bonds is 3. The molecule has 1 rings (SSSR count). The van der Waals surface area contributed by atoms with E-state index < -0.39 is 0 Å². The molecule has 2 nitrogen and oxygen atoms in total. The Morgan fingerprint density at radius 3 is 2.93 bits per heavy atom. The first-order valence-electron chi connectivity index (χ1n) is 4.23. The number of benzene rings is 1. The van der Waals surface area contributed by atoms with Crippen molar-refractivity contribution in [2.45, 2.75) is 0 Å². The van der Waals surface area contributed by atoms with Crippen molar-refractivity contribution < 1.29 is 4.74 Å². The fraction of sp³-hybridized carbons (Fsp3) is 0.182. The molecule has 75 valence electrons. The van der Waals surface area contributed by atoms with Crippen LogP contribution >= 0.6 is 11.6 Å². The fourth-order valence-corrected chi connectivity index (χ4v) is 1.28. The summed E-state index contributed by atoms with van der Waals surface area (Å²) in [6, 6.07) is 5.42. The Balaban J connectivity index is 3.11. The van der Waals surface area contributed by atoms with Crippen molar-refractivity contribution in [1.29, 1.82) is 0 Å². The van der Waals surface area contributed by atoms with Crippen molar-refractivity contribution >= 4 is 17.7 Å². The van der Waals surface area contributed by atoms with Gasteiger partial charge in [-0.1, -0.05) is 23.3 Å². The second kappa shape index (κ2) is 5.03. The second-order valence-electron chi connectivity index (χ2n) is 2.89. The molecule has 0 aliphatic carbocycles. The lowest BCUT2D eigenvalue weighted by atomic mass is 10.1. The van der Waals surface area contributed by atoms with Crippen LogP contribution in [0.15, 0.2) is 23.8 Å². The normalized spacial score (nSPS) is 11.6. The molecule has 1 radical (unpaired) electrons. The number of hydrogen-bond acceptors (Lipinski definition) is 2. The Bertz CT molecular complexity index is 347. The lowest BCUT2D eigenvalue weighted by Crippen LogP contribution is -1.99. The van der Waals surface area contributed by atoms with Gasteiger partial charge in [-0.15, -0.1) is 0 Å². The number of methoxy groups -OCH3 is 1. The van der Waals surface area contributed by atoms with Crippen LogP contribution in [0.4, 0.5) is 0 Å². The van der Waals surface area contributed by atoms with Crippen molar-refractivity contribution in [3.63, 3.8) is 0 Å². The maximum Gasteiger partial charge on any atom is 0.126 e. The zero-order chi connectivity index (χ0) is 10.6. The average Bonchev–Trinajstić information content (AvgIpc) is 2.18. The van der Waals surface area contributed by atoms with Crippen LogP contribution in [0.5, 0.6) is 5.75 Å². The Kier molecular flexibility index (Phi) is 3.98. The van der Waals surface area contributed by atoms with Crippen LogP contribution in [0.2, 0.25) is 5.02 Å². The van der Waals surface area contributed by atoms with Crippen LogP contribution in [0.25, 0.3) is 6.08 Å². The lowest BCUT2D eigenvalue weighted by Gasteiger charge is -2.05. The minimum atomic E-state index is 0.426. The minimum Gasteiger partial charge on any atom is -0.496 e. The zero-order valence-corrected chi connectivity index (χ0v) is 8.84. The summed E-state index contributed by atoms with van der Waals surface area (Å²) in [5, 5.41) is 0.668. The molecule has 3 heteroatoms. The first-order chi connectivity index (χ1) is 6.67. The van der Waals surface area contributed by atoms with E-state index in [-0.39, 0.29) is 0 Å². The average molecular weight is 211 g/mol. The molecule has 2 N–H and O–H groups in total. The molecular weight excluding hydrogens is 198 g/mol. The lowest BCUT2D eigenvalue weighted by molar-refractivity contribution is 0.414. The number of nitrogens with two attached hydrogens (primary N) is 1. The molecule has 0 heterocycles. The van der Waals surface area contributed by atoms with Crippen LogP contribution in [-0.2, 0) is 0 Å². The van der Waals surface area contributed by atoms with Crippen molar-refractivity contribution in [3.8, 4) is 5.75 Å². The van der Waals surface area contributed by atoms with E-state index in [1.807, 2.05) is 18.2 Å². The molecule has 0 aliphatic rings. The smallest absolute Gasteiger partial charge is 0.126 e. The Morgan fingerprint density at radius 1 is 1.64 bits per heavy atom. The summed E-state index contributed by atoms with van der Waals surface area (Å²) in [7, 11) is 1.62. The van der Waals surface area contributed by atoms with Gasteiger partial charge in [-0.2, -0.15) is 0 Å². The molecular formula is C11H13ClNO. The van der Waals surface area contributed by atoms with Crippen molar-refractivity contribution in [2.24, 2.45) is 5.73 Å². The number of halogens is 1. The van der Waals surface area contributed by atoms with Crippen molar-refractivity contribution in [2.75, 3.05) is 13.7 Å². The van der Waals surface area contributed by atoms with Gasteiger partial charge in [-0.05, 0) is 25.1 Å². The topological polar surface area (TPSA) is 35.2 Å². The van der Waals surface area contributed by atoms with E-state index >= 15 is 0 Å². The van der Waals surface area contributed by atoms with Crippen molar-refractivity contribution in [1.82, 2.24) is 0 Å². The van der Waals surface area contributed by atoms with Gasteiger partial charge in [0, 0.05) is 17.1 Å². The third kappa shape index (κ3) is 2.76. The van der Waals surface area contributed by atoms with E-state index in [2.05, 4.69) is 6.92 Å². The fourth-order valence-electron chi connectivity index (χ4n) is 1.10. The maximum atomic E-state index is 5.86. The molecule has 0 atom stereocenters. The van der Waals surface area contributed by atoms with Gasteiger partial charge in [0.25, 0.3) is 0 Å². The van der Waals surface area contributed by atoms with E-state index in [1.165, 1.54) is 0 Å². The molecule has 1 aromatic rings. The molecule has 0 aromatic heterocycles. The van der Waals surface area contributed by atoms with Gasteiger partial charge in [0.05, 0.1) is 7.11 Å². The Labute approximate surface area is 89.3 Å². The highest BCUT2D eigenvalue weighted by molar-refractivity contribution is 6.30. The van der Waals surface area contributed by atoms with E-state index in [0.29, 0.717) is 11.6 Å². The molecule has 0 aliphatic heterocycles. The molecule has 0 spiro atoms. The molecule has 0 unspecified atom stereocenters. The highest BCUT2D eigenvalue weighted by atomic mass is 35.5. The predicted molar refractivity (Wildman–Crippen MR) is 60.4 cm³/mol. The minimum absolute atomic E-state index is 0.426. The van der Waals surface area contributed by atoms with Gasteiger partial charge in [-0.3, -0.25) is 0 Å². The Morgan fingerprint density at radius 2 is 2.36 bits per heavy atom. The van der Waals surface area contributed by atoms with Crippen LogP contribution in [-0.4, -0.2) is 13.7 Å². The first kappa shape index (κ1) is 11.1. The van der Waals surface area contributed by atoms with Crippen molar-refractivity contribution in [3.05, 3.63) is 41.3 Å². The van der Waals surface area contributed by atoms with Gasteiger partial charge < -0.3 is 10.5 Å². The maximum absolute atomic E-state index is 5.86. The molecule has 14 heavy (non-hydrogen) atoms. The van der Waals surface area contributed by atoms with Crippen LogP contribution < -0.4 is 10.5 Å². The summed E-state index contributed by atoms with van der Waals surface area (Å²) in [5.74, 6) is 0.768. The van der Waals surface area contributed by atoms with Crippen LogP contribution in [0.1, 0.15) is 5.56 Å². The standard InChI is InChI=1S/C11H13ClNO/c1-8(7-13)5-9-6-10(12)3-4-11(9)14-2/h3-6H,1,7,13H2,2H3/b8-5+. The molecule has 0 saturated heterocycles. The zero-order valence-electron chi connectivity index (χ0n) is 8.09. The monoisotopic (exact) mass is 210 g/mol. The van der Waals surface area contributed by atoms with E-state index in [9.17, 15) is 0 Å². The summed E-state index contributed by atoms with van der Waals surface area (Å²) >= 11 is 5.86. The summed E-state index contributed by atoms with van der Waals surface area (Å²) in [6.07, 6.45) is 1.87.